The largest absolute Gasteiger partial charge is 0.458 e. The molecule has 0 spiro atoms. The van der Waals surface area contributed by atoms with Crippen molar-refractivity contribution in [1.82, 2.24) is 0 Å². The lowest BCUT2D eigenvalue weighted by Gasteiger charge is -2.26. The third-order valence-electron chi connectivity index (χ3n) is 4.07. The molecule has 1 N–H and O–H groups in total. The Hall–Kier alpha value is -1.88. The first-order valence-electron chi connectivity index (χ1n) is 7.45. The maximum Gasteiger partial charge on any atom is 0.334 e. The summed E-state index contributed by atoms with van der Waals surface area (Å²) in [4.78, 5) is 23.3. The van der Waals surface area contributed by atoms with E-state index in [1.165, 1.54) is 6.92 Å². The fourth-order valence-corrected chi connectivity index (χ4v) is 2.97. The van der Waals surface area contributed by atoms with E-state index in [9.17, 15) is 14.7 Å². The van der Waals surface area contributed by atoms with E-state index in [0.29, 0.717) is 12.0 Å². The van der Waals surface area contributed by atoms with Gasteiger partial charge in [-0.05, 0) is 31.4 Å². The Morgan fingerprint density at radius 2 is 2.27 bits per heavy atom. The average molecular weight is 306 g/mol. The molecule has 0 saturated carbocycles. The van der Waals surface area contributed by atoms with Crippen LogP contribution in [-0.2, 0) is 19.1 Å². The van der Waals surface area contributed by atoms with Crippen molar-refractivity contribution in [3.8, 4) is 0 Å². The fourth-order valence-electron chi connectivity index (χ4n) is 2.97. The predicted octanol–water partition coefficient (Wildman–Crippen LogP) is 2.06. The van der Waals surface area contributed by atoms with Gasteiger partial charge in [0.05, 0.1) is 12.5 Å². The van der Waals surface area contributed by atoms with Crippen LogP contribution in [-0.4, -0.2) is 35.9 Å². The second kappa shape index (κ2) is 6.92. The number of allylic oxidation sites excluding steroid dienone is 2. The molecule has 1 fully saturated rings. The van der Waals surface area contributed by atoms with Crippen molar-refractivity contribution in [3.05, 3.63) is 35.5 Å². The van der Waals surface area contributed by atoms with Gasteiger partial charge in [0.15, 0.2) is 0 Å². The Bertz CT molecular complexity index is 543. The molecule has 3 unspecified atom stereocenters. The van der Waals surface area contributed by atoms with Crippen molar-refractivity contribution >= 4 is 11.9 Å². The minimum atomic E-state index is -0.570. The molecule has 3 atom stereocenters. The number of fused-ring (bicyclic) bond motifs is 1. The lowest BCUT2D eigenvalue weighted by Crippen LogP contribution is -2.32. The zero-order chi connectivity index (χ0) is 16.3. The zero-order valence-corrected chi connectivity index (χ0v) is 13.0. The van der Waals surface area contributed by atoms with Crippen LogP contribution in [0.5, 0.6) is 0 Å². The normalized spacial score (nSPS) is 29.1. The summed E-state index contributed by atoms with van der Waals surface area (Å²) in [6.45, 7) is 7.03. The maximum atomic E-state index is 11.9. The summed E-state index contributed by atoms with van der Waals surface area (Å²) < 4.78 is 10.8. The smallest absolute Gasteiger partial charge is 0.334 e. The third-order valence-corrected chi connectivity index (χ3v) is 4.07. The second-order valence-corrected chi connectivity index (χ2v) is 5.85. The molecular weight excluding hydrogens is 284 g/mol. The van der Waals surface area contributed by atoms with E-state index in [-0.39, 0.29) is 6.61 Å². The van der Waals surface area contributed by atoms with E-state index in [1.807, 2.05) is 19.1 Å². The SMILES string of the molecule is C=C1C(=O)OC2CC(CO)=CCCC(C)=CC(OC(C)=O)C12. The van der Waals surface area contributed by atoms with Crippen molar-refractivity contribution < 1.29 is 24.2 Å². The van der Waals surface area contributed by atoms with Crippen molar-refractivity contribution in [3.63, 3.8) is 0 Å². The molecule has 5 heteroatoms. The number of aliphatic hydroxyl groups is 1. The van der Waals surface area contributed by atoms with Crippen LogP contribution in [0, 0.1) is 5.92 Å². The van der Waals surface area contributed by atoms with Gasteiger partial charge in [-0.2, -0.15) is 0 Å². The van der Waals surface area contributed by atoms with Gasteiger partial charge in [0, 0.05) is 18.9 Å². The summed E-state index contributed by atoms with van der Waals surface area (Å²) in [7, 11) is 0. The van der Waals surface area contributed by atoms with E-state index in [0.717, 1.165) is 24.0 Å². The molecule has 2 aliphatic rings. The fraction of sp³-hybridized carbons (Fsp3) is 0.529. The Morgan fingerprint density at radius 3 is 2.91 bits per heavy atom. The lowest BCUT2D eigenvalue weighted by molar-refractivity contribution is -0.147. The molecule has 1 aliphatic carbocycles. The van der Waals surface area contributed by atoms with Crippen LogP contribution in [0.15, 0.2) is 35.5 Å². The van der Waals surface area contributed by atoms with Gasteiger partial charge in [0.1, 0.15) is 12.2 Å². The highest BCUT2D eigenvalue weighted by atomic mass is 16.6. The highest BCUT2D eigenvalue weighted by molar-refractivity contribution is 5.91. The molecule has 2 rings (SSSR count). The standard InChI is InChI=1S/C17H22O5/c1-10-5-4-6-13(9-18)8-15-16(11(2)17(20)22-15)14(7-10)21-12(3)19/h6-7,14-16,18H,2,4-5,8-9H2,1,3H3. The molecule has 0 aromatic carbocycles. The number of carbonyl (C=O) groups is 2. The van der Waals surface area contributed by atoms with Gasteiger partial charge in [0.25, 0.3) is 0 Å². The van der Waals surface area contributed by atoms with Gasteiger partial charge >= 0.3 is 11.9 Å². The van der Waals surface area contributed by atoms with Gasteiger partial charge in [-0.15, -0.1) is 0 Å². The molecule has 1 heterocycles. The Balaban J connectivity index is 2.39. The predicted molar refractivity (Wildman–Crippen MR) is 80.8 cm³/mol. The van der Waals surface area contributed by atoms with Crippen LogP contribution >= 0.6 is 0 Å². The molecule has 0 bridgehead atoms. The molecule has 0 radical (unpaired) electrons. The van der Waals surface area contributed by atoms with Crippen LogP contribution in [0.1, 0.15) is 33.1 Å². The van der Waals surface area contributed by atoms with Crippen molar-refractivity contribution in [2.24, 2.45) is 5.92 Å². The van der Waals surface area contributed by atoms with E-state index in [1.54, 1.807) is 0 Å². The molecule has 5 nitrogen and oxygen atoms in total. The van der Waals surface area contributed by atoms with Crippen molar-refractivity contribution in [2.45, 2.75) is 45.3 Å². The highest BCUT2D eigenvalue weighted by Crippen LogP contribution is 2.36. The van der Waals surface area contributed by atoms with Crippen LogP contribution in [0.2, 0.25) is 0 Å². The van der Waals surface area contributed by atoms with E-state index < -0.39 is 30.1 Å². The quantitative estimate of drug-likeness (QED) is 0.480. The van der Waals surface area contributed by atoms with Gasteiger partial charge < -0.3 is 14.6 Å². The number of hydrogen-bond donors (Lipinski definition) is 1. The van der Waals surface area contributed by atoms with Gasteiger partial charge in [-0.3, -0.25) is 4.79 Å². The summed E-state index contributed by atoms with van der Waals surface area (Å²) in [6, 6.07) is 0. The molecule has 120 valence electrons. The Morgan fingerprint density at radius 1 is 1.55 bits per heavy atom. The second-order valence-electron chi connectivity index (χ2n) is 5.85. The Kier molecular flexibility index (Phi) is 5.19. The van der Waals surface area contributed by atoms with Crippen molar-refractivity contribution in [2.75, 3.05) is 6.61 Å². The molecular formula is C17H22O5. The molecule has 1 aliphatic heterocycles. The lowest BCUT2D eigenvalue weighted by atomic mass is 9.85. The molecule has 0 aromatic heterocycles. The molecule has 22 heavy (non-hydrogen) atoms. The molecule has 0 amide bonds. The highest BCUT2D eigenvalue weighted by Gasteiger charge is 2.44. The average Bonchev–Trinajstić information content (AvgIpc) is 2.71. The first-order valence-corrected chi connectivity index (χ1v) is 7.45. The molecule has 1 saturated heterocycles. The summed E-state index contributed by atoms with van der Waals surface area (Å²) in [6.07, 6.45) is 4.84. The van der Waals surface area contributed by atoms with Crippen LogP contribution < -0.4 is 0 Å². The zero-order valence-electron chi connectivity index (χ0n) is 13.0. The first kappa shape index (κ1) is 16.5. The first-order chi connectivity index (χ1) is 10.4. The van der Waals surface area contributed by atoms with E-state index in [2.05, 4.69) is 6.58 Å². The summed E-state index contributed by atoms with van der Waals surface area (Å²) in [5, 5.41) is 9.47. The van der Waals surface area contributed by atoms with Crippen LogP contribution in [0.4, 0.5) is 0 Å². The maximum absolute atomic E-state index is 11.9. The number of ether oxygens (including phenoxy) is 2. The van der Waals surface area contributed by atoms with Crippen molar-refractivity contribution in [1.29, 1.82) is 0 Å². The van der Waals surface area contributed by atoms with E-state index in [4.69, 9.17) is 9.47 Å². The number of esters is 2. The van der Waals surface area contributed by atoms with Crippen LogP contribution in [0.25, 0.3) is 0 Å². The monoisotopic (exact) mass is 306 g/mol. The van der Waals surface area contributed by atoms with E-state index >= 15 is 0 Å². The number of aliphatic hydroxyl groups excluding tert-OH is 1. The summed E-state index contributed by atoms with van der Waals surface area (Å²) >= 11 is 0. The van der Waals surface area contributed by atoms with Gasteiger partial charge in [-0.25, -0.2) is 4.79 Å². The third kappa shape index (κ3) is 3.65. The summed E-state index contributed by atoms with van der Waals surface area (Å²) in [5.41, 5.74) is 2.21. The molecule has 0 aromatic rings. The van der Waals surface area contributed by atoms with Gasteiger partial charge in [0.2, 0.25) is 0 Å². The number of carbonyl (C=O) groups excluding carboxylic acids is 2. The Labute approximate surface area is 130 Å². The topological polar surface area (TPSA) is 72.8 Å². The minimum Gasteiger partial charge on any atom is -0.458 e. The minimum absolute atomic E-state index is 0.0752. The van der Waals surface area contributed by atoms with Gasteiger partial charge in [-0.1, -0.05) is 18.2 Å². The summed E-state index contributed by atoms with van der Waals surface area (Å²) in [5.74, 6) is -1.29. The number of rotatable bonds is 2. The van der Waals surface area contributed by atoms with Crippen LogP contribution in [0.3, 0.4) is 0 Å². The number of hydrogen-bond acceptors (Lipinski definition) is 5.